The third kappa shape index (κ3) is 4.29. The molecule has 3 aromatic rings. The first-order valence-electron chi connectivity index (χ1n) is 10.6. The lowest BCUT2D eigenvalue weighted by molar-refractivity contribution is -0.123. The van der Waals surface area contributed by atoms with Gasteiger partial charge >= 0.3 is 6.03 Å². The van der Waals surface area contributed by atoms with Crippen LogP contribution in [-0.2, 0) is 16.8 Å². The van der Waals surface area contributed by atoms with E-state index >= 15 is 0 Å². The Morgan fingerprint density at radius 2 is 1.88 bits per heavy atom. The Labute approximate surface area is 191 Å². The second kappa shape index (κ2) is 8.96. The zero-order valence-corrected chi connectivity index (χ0v) is 18.8. The molecule has 1 fully saturated rings. The van der Waals surface area contributed by atoms with E-state index in [4.69, 9.17) is 0 Å². The lowest BCUT2D eigenvalue weighted by Crippen LogP contribution is -2.40. The van der Waals surface area contributed by atoms with Crippen LogP contribution < -0.4 is 16.0 Å². The lowest BCUT2D eigenvalue weighted by atomic mass is 9.91. The van der Waals surface area contributed by atoms with Crippen molar-refractivity contribution in [3.05, 3.63) is 93.2 Å². The van der Waals surface area contributed by atoms with Gasteiger partial charge in [0.15, 0.2) is 0 Å². The summed E-state index contributed by atoms with van der Waals surface area (Å²) in [6.07, 6.45) is 2.10. The molecule has 2 atom stereocenters. The predicted molar refractivity (Wildman–Crippen MR) is 125 cm³/mol. The minimum atomic E-state index is -1.21. The molecule has 0 spiro atoms. The first-order chi connectivity index (χ1) is 15.4. The first-order valence-corrected chi connectivity index (χ1v) is 11.5. The zero-order chi connectivity index (χ0) is 22.7. The number of hydrogen-bond acceptors (Lipinski definition) is 4. The van der Waals surface area contributed by atoms with Crippen LogP contribution in [0.3, 0.4) is 0 Å². The van der Waals surface area contributed by atoms with Gasteiger partial charge in [0, 0.05) is 10.4 Å². The molecule has 0 aliphatic carbocycles. The summed E-state index contributed by atoms with van der Waals surface area (Å²) in [5.74, 6) is -0.695. The number of amides is 4. The molecule has 1 saturated heterocycles. The molecule has 1 aliphatic rings. The molecular formula is C25H25N3O3S. The summed E-state index contributed by atoms with van der Waals surface area (Å²) in [7, 11) is 0. The van der Waals surface area contributed by atoms with E-state index in [0.717, 1.165) is 23.3 Å². The fourth-order valence-electron chi connectivity index (χ4n) is 3.87. The monoisotopic (exact) mass is 447 g/mol. The number of carbonyl (C=O) groups excluding carboxylic acids is 3. The quantitative estimate of drug-likeness (QED) is 0.473. The molecule has 0 radical (unpaired) electrons. The van der Waals surface area contributed by atoms with Gasteiger partial charge in [0.1, 0.15) is 5.54 Å². The Morgan fingerprint density at radius 1 is 1.09 bits per heavy atom. The van der Waals surface area contributed by atoms with Gasteiger partial charge in [-0.05, 0) is 53.6 Å². The summed E-state index contributed by atoms with van der Waals surface area (Å²) in [6.45, 7) is 3.77. The van der Waals surface area contributed by atoms with Gasteiger partial charge in [0.2, 0.25) is 0 Å². The molecule has 4 rings (SSSR count). The van der Waals surface area contributed by atoms with Gasteiger partial charge in [-0.1, -0.05) is 55.8 Å². The van der Waals surface area contributed by atoms with Crippen molar-refractivity contribution in [3.63, 3.8) is 0 Å². The fraction of sp³-hybridized carbons (Fsp3) is 0.240. The van der Waals surface area contributed by atoms with Gasteiger partial charge in [0.25, 0.3) is 11.8 Å². The average molecular weight is 448 g/mol. The third-order valence-electron chi connectivity index (χ3n) is 5.70. The van der Waals surface area contributed by atoms with Crippen molar-refractivity contribution in [2.24, 2.45) is 0 Å². The molecular weight excluding hydrogens is 422 g/mol. The maximum Gasteiger partial charge on any atom is 0.322 e. The van der Waals surface area contributed by atoms with Crippen molar-refractivity contribution >= 4 is 29.2 Å². The van der Waals surface area contributed by atoms with Crippen molar-refractivity contribution in [2.75, 3.05) is 0 Å². The summed E-state index contributed by atoms with van der Waals surface area (Å²) in [4.78, 5) is 38.2. The summed E-state index contributed by atoms with van der Waals surface area (Å²) in [6, 6.07) is 18.3. The average Bonchev–Trinajstić information content (AvgIpc) is 3.41. The number of rotatable bonds is 7. The molecule has 4 amide bonds. The van der Waals surface area contributed by atoms with Crippen LogP contribution in [0.15, 0.2) is 66.0 Å². The van der Waals surface area contributed by atoms with Crippen molar-refractivity contribution in [2.45, 2.75) is 38.3 Å². The van der Waals surface area contributed by atoms with Crippen LogP contribution in [0.4, 0.5) is 4.79 Å². The highest BCUT2D eigenvalue weighted by Crippen LogP contribution is 2.28. The van der Waals surface area contributed by atoms with Crippen LogP contribution in [-0.4, -0.2) is 17.8 Å². The molecule has 2 unspecified atom stereocenters. The summed E-state index contributed by atoms with van der Waals surface area (Å²) in [5, 5.41) is 10.0. The molecule has 32 heavy (non-hydrogen) atoms. The van der Waals surface area contributed by atoms with Gasteiger partial charge in [-0.2, -0.15) is 0 Å². The summed E-state index contributed by atoms with van der Waals surface area (Å²) < 4.78 is 0. The Morgan fingerprint density at radius 3 is 2.50 bits per heavy atom. The maximum atomic E-state index is 13.2. The highest BCUT2D eigenvalue weighted by atomic mass is 32.1. The Hall–Kier alpha value is -3.45. The molecule has 0 bridgehead atoms. The SMILES string of the molecule is CCCc1ccc(C(NC(=O)c2cccc(C3(C)NC(=O)NC3=O)c2)c2cccs2)cc1. The van der Waals surface area contributed by atoms with Gasteiger partial charge < -0.3 is 10.6 Å². The van der Waals surface area contributed by atoms with Crippen LogP contribution in [0.5, 0.6) is 0 Å². The van der Waals surface area contributed by atoms with Crippen molar-refractivity contribution in [1.82, 2.24) is 16.0 Å². The van der Waals surface area contributed by atoms with Gasteiger partial charge in [-0.25, -0.2) is 4.79 Å². The van der Waals surface area contributed by atoms with Crippen LogP contribution >= 0.6 is 11.3 Å². The molecule has 2 heterocycles. The van der Waals surface area contributed by atoms with Gasteiger partial charge in [-0.3, -0.25) is 14.9 Å². The van der Waals surface area contributed by atoms with E-state index < -0.39 is 17.5 Å². The lowest BCUT2D eigenvalue weighted by Gasteiger charge is -2.22. The second-order valence-electron chi connectivity index (χ2n) is 8.03. The molecule has 1 aliphatic heterocycles. The van der Waals surface area contributed by atoms with E-state index in [1.165, 1.54) is 5.56 Å². The summed E-state index contributed by atoms with van der Waals surface area (Å²) in [5.41, 5.74) is 2.03. The topological polar surface area (TPSA) is 87.3 Å². The number of nitrogens with one attached hydrogen (secondary N) is 3. The number of carbonyl (C=O) groups is 3. The highest BCUT2D eigenvalue weighted by molar-refractivity contribution is 7.10. The molecule has 1 aromatic heterocycles. The van der Waals surface area contributed by atoms with E-state index in [9.17, 15) is 14.4 Å². The molecule has 3 N–H and O–H groups in total. The molecule has 164 valence electrons. The van der Waals surface area contributed by atoms with Crippen molar-refractivity contribution in [1.29, 1.82) is 0 Å². The number of urea groups is 1. The number of benzene rings is 2. The number of thiophene rings is 1. The van der Waals surface area contributed by atoms with E-state index in [-0.39, 0.29) is 11.9 Å². The maximum absolute atomic E-state index is 13.2. The van der Waals surface area contributed by atoms with Crippen LogP contribution in [0, 0.1) is 0 Å². The van der Waals surface area contributed by atoms with Crippen molar-refractivity contribution in [3.8, 4) is 0 Å². The predicted octanol–water partition coefficient (Wildman–Crippen LogP) is 4.27. The van der Waals surface area contributed by atoms with E-state index in [0.29, 0.717) is 11.1 Å². The first kappa shape index (κ1) is 21.8. The minimum absolute atomic E-state index is 0.254. The van der Waals surface area contributed by atoms with Crippen molar-refractivity contribution < 1.29 is 14.4 Å². The van der Waals surface area contributed by atoms with Crippen LogP contribution in [0.2, 0.25) is 0 Å². The van der Waals surface area contributed by atoms with E-state index in [1.807, 2.05) is 17.5 Å². The van der Waals surface area contributed by atoms with Crippen LogP contribution in [0.25, 0.3) is 0 Å². The molecule has 2 aromatic carbocycles. The molecule has 7 heteroatoms. The summed E-state index contributed by atoms with van der Waals surface area (Å²) >= 11 is 1.59. The normalized spacial score (nSPS) is 18.7. The third-order valence-corrected chi connectivity index (χ3v) is 6.64. The Balaban J connectivity index is 1.60. The zero-order valence-electron chi connectivity index (χ0n) is 18.0. The fourth-order valence-corrected chi connectivity index (χ4v) is 4.67. The largest absolute Gasteiger partial charge is 0.340 e. The van der Waals surface area contributed by atoms with Crippen LogP contribution in [0.1, 0.15) is 58.2 Å². The molecule has 6 nitrogen and oxygen atoms in total. The Bertz CT molecular complexity index is 1140. The smallest absolute Gasteiger partial charge is 0.322 e. The highest BCUT2D eigenvalue weighted by Gasteiger charge is 2.43. The standard InChI is InChI=1S/C25H25N3O3S/c1-3-6-16-10-12-17(13-11-16)21(20-9-5-14-32-20)26-22(29)18-7-4-8-19(15-18)25(2)23(30)27-24(31)28-25/h4-5,7-15,21H,3,6H2,1-2H3,(H,26,29)(H2,27,28,30,31). The second-order valence-corrected chi connectivity index (χ2v) is 9.01. The van der Waals surface area contributed by atoms with E-state index in [2.05, 4.69) is 47.1 Å². The number of hydrogen-bond donors (Lipinski definition) is 3. The minimum Gasteiger partial charge on any atom is -0.340 e. The molecule has 0 saturated carbocycles. The Kier molecular flexibility index (Phi) is 6.10. The van der Waals surface area contributed by atoms with Gasteiger partial charge in [-0.15, -0.1) is 11.3 Å². The number of imide groups is 1. The van der Waals surface area contributed by atoms with Gasteiger partial charge in [0.05, 0.1) is 6.04 Å². The number of aryl methyl sites for hydroxylation is 1. The van der Waals surface area contributed by atoms with E-state index in [1.54, 1.807) is 42.5 Å².